The van der Waals surface area contributed by atoms with E-state index in [0.717, 1.165) is 25.7 Å². The molecule has 2 aromatic heterocycles. The third-order valence-corrected chi connectivity index (χ3v) is 3.68. The summed E-state index contributed by atoms with van der Waals surface area (Å²) in [6.45, 7) is 1.49. The smallest absolute Gasteiger partial charge is 0.369 e. The van der Waals surface area contributed by atoms with Crippen LogP contribution in [0.25, 0.3) is 11.2 Å². The van der Waals surface area contributed by atoms with E-state index in [4.69, 9.17) is 5.73 Å². The minimum absolute atomic E-state index is 0.0791. The third kappa shape index (κ3) is 1.99. The van der Waals surface area contributed by atoms with Gasteiger partial charge in [-0.3, -0.25) is 4.57 Å². The lowest BCUT2D eigenvalue weighted by atomic mass is 10.2. The van der Waals surface area contributed by atoms with Crippen molar-refractivity contribution in [2.45, 2.75) is 44.8 Å². The molecule has 8 heteroatoms. The van der Waals surface area contributed by atoms with Crippen molar-refractivity contribution in [3.63, 3.8) is 0 Å². The molecule has 0 saturated heterocycles. The molecule has 0 aliphatic heterocycles. The van der Waals surface area contributed by atoms with Gasteiger partial charge in [-0.25, -0.2) is 15.0 Å². The number of anilines is 1. The number of aryl methyl sites for hydroxylation is 1. The van der Waals surface area contributed by atoms with Crippen LogP contribution in [-0.4, -0.2) is 19.5 Å². The van der Waals surface area contributed by atoms with Gasteiger partial charge in [0.25, 0.3) is 0 Å². The number of hydrogen-bond donors (Lipinski definition) is 1. The topological polar surface area (TPSA) is 69.6 Å². The van der Waals surface area contributed by atoms with Gasteiger partial charge in [0.15, 0.2) is 5.65 Å². The Hall–Kier alpha value is -1.86. The quantitative estimate of drug-likeness (QED) is 0.874. The van der Waals surface area contributed by atoms with Crippen LogP contribution < -0.4 is 5.73 Å². The zero-order valence-corrected chi connectivity index (χ0v) is 10.9. The molecule has 0 amide bonds. The van der Waals surface area contributed by atoms with Gasteiger partial charge in [0.1, 0.15) is 5.52 Å². The number of hydrogen-bond acceptors (Lipinski definition) is 4. The lowest BCUT2D eigenvalue weighted by molar-refractivity contribution is -0.144. The molecule has 5 nitrogen and oxygen atoms in total. The van der Waals surface area contributed by atoms with Gasteiger partial charge in [0.2, 0.25) is 11.8 Å². The molecule has 108 valence electrons. The SMILES string of the molecule is Cc1nc(C(F)(F)F)nc2c1nc(N)n2C1CCCC1. The lowest BCUT2D eigenvalue weighted by Gasteiger charge is -2.14. The monoisotopic (exact) mass is 285 g/mol. The summed E-state index contributed by atoms with van der Waals surface area (Å²) in [7, 11) is 0. The van der Waals surface area contributed by atoms with Gasteiger partial charge < -0.3 is 5.73 Å². The predicted molar refractivity (Wildman–Crippen MR) is 67.0 cm³/mol. The molecule has 0 unspecified atom stereocenters. The summed E-state index contributed by atoms with van der Waals surface area (Å²) in [5.41, 5.74) is 6.60. The van der Waals surface area contributed by atoms with E-state index < -0.39 is 12.0 Å². The second kappa shape index (κ2) is 4.32. The van der Waals surface area contributed by atoms with E-state index in [9.17, 15) is 13.2 Å². The lowest BCUT2D eigenvalue weighted by Crippen LogP contribution is -2.14. The number of halogens is 3. The molecule has 3 rings (SSSR count). The van der Waals surface area contributed by atoms with E-state index in [0.29, 0.717) is 5.52 Å². The summed E-state index contributed by atoms with van der Waals surface area (Å²) < 4.78 is 40.1. The highest BCUT2D eigenvalue weighted by Crippen LogP contribution is 2.35. The van der Waals surface area contributed by atoms with Crippen LogP contribution in [0.5, 0.6) is 0 Å². The number of nitrogens with two attached hydrogens (primary N) is 1. The average molecular weight is 285 g/mol. The van der Waals surface area contributed by atoms with Crippen molar-refractivity contribution in [3.8, 4) is 0 Å². The molecule has 1 fully saturated rings. The summed E-state index contributed by atoms with van der Waals surface area (Å²) >= 11 is 0. The van der Waals surface area contributed by atoms with Crippen molar-refractivity contribution in [2.75, 3.05) is 5.73 Å². The molecular weight excluding hydrogens is 271 g/mol. The number of alkyl halides is 3. The Kier molecular flexibility index (Phi) is 2.84. The van der Waals surface area contributed by atoms with Crippen molar-refractivity contribution in [1.82, 2.24) is 19.5 Å². The minimum atomic E-state index is -4.57. The fraction of sp³-hybridized carbons (Fsp3) is 0.583. The zero-order valence-electron chi connectivity index (χ0n) is 10.9. The fourth-order valence-electron chi connectivity index (χ4n) is 2.78. The Balaban J connectivity index is 2.24. The molecular formula is C12H14F3N5. The summed E-state index contributed by atoms with van der Waals surface area (Å²) in [6.07, 6.45) is -0.710. The van der Waals surface area contributed by atoms with Crippen LogP contribution in [0.4, 0.5) is 19.1 Å². The molecule has 0 spiro atoms. The molecule has 2 aromatic rings. The summed E-state index contributed by atoms with van der Waals surface area (Å²) in [5, 5.41) is 0. The maximum atomic E-state index is 12.8. The Bertz CT molecular complexity index is 655. The van der Waals surface area contributed by atoms with Crippen molar-refractivity contribution >= 4 is 17.1 Å². The van der Waals surface area contributed by atoms with Gasteiger partial charge in [-0.15, -0.1) is 0 Å². The van der Waals surface area contributed by atoms with E-state index in [-0.39, 0.29) is 23.3 Å². The van der Waals surface area contributed by atoms with E-state index in [1.165, 1.54) is 6.92 Å². The van der Waals surface area contributed by atoms with Crippen LogP contribution in [0.1, 0.15) is 43.2 Å². The Morgan fingerprint density at radius 3 is 2.40 bits per heavy atom. The zero-order chi connectivity index (χ0) is 14.5. The van der Waals surface area contributed by atoms with Crippen LogP contribution in [0.3, 0.4) is 0 Å². The molecule has 0 atom stereocenters. The van der Waals surface area contributed by atoms with Crippen LogP contribution in [0, 0.1) is 6.92 Å². The molecule has 2 N–H and O–H groups in total. The largest absolute Gasteiger partial charge is 0.451 e. The van der Waals surface area contributed by atoms with E-state index >= 15 is 0 Å². The second-order valence-electron chi connectivity index (χ2n) is 5.08. The van der Waals surface area contributed by atoms with E-state index in [1.54, 1.807) is 4.57 Å². The average Bonchev–Trinajstić information content (AvgIpc) is 2.94. The summed E-state index contributed by atoms with van der Waals surface area (Å²) in [4.78, 5) is 11.3. The minimum Gasteiger partial charge on any atom is -0.369 e. The number of imidazole rings is 1. The highest BCUT2D eigenvalue weighted by Gasteiger charge is 2.36. The van der Waals surface area contributed by atoms with Crippen LogP contribution in [-0.2, 0) is 6.18 Å². The van der Waals surface area contributed by atoms with Gasteiger partial charge in [-0.05, 0) is 19.8 Å². The predicted octanol–water partition coefficient (Wildman–Crippen LogP) is 2.85. The standard InChI is InChI=1S/C12H14F3N5/c1-6-8-9(19-10(17-6)12(13,14)15)20(11(16)18-8)7-4-2-3-5-7/h7H,2-5H2,1H3,(H2,16,18). The third-order valence-electron chi connectivity index (χ3n) is 3.68. The van der Waals surface area contributed by atoms with Gasteiger partial charge in [0, 0.05) is 6.04 Å². The number of rotatable bonds is 1. The van der Waals surface area contributed by atoms with Crippen molar-refractivity contribution in [1.29, 1.82) is 0 Å². The summed E-state index contributed by atoms with van der Waals surface area (Å²) in [6, 6.07) is 0.0791. The van der Waals surface area contributed by atoms with Crippen LogP contribution in [0.2, 0.25) is 0 Å². The first kappa shape index (κ1) is 13.1. The van der Waals surface area contributed by atoms with Gasteiger partial charge in [-0.1, -0.05) is 12.8 Å². The Morgan fingerprint density at radius 2 is 1.80 bits per heavy atom. The summed E-state index contributed by atoms with van der Waals surface area (Å²) in [5.74, 6) is -0.926. The molecule has 1 aliphatic rings. The number of nitrogen functional groups attached to an aromatic ring is 1. The highest BCUT2D eigenvalue weighted by atomic mass is 19.4. The Morgan fingerprint density at radius 1 is 1.15 bits per heavy atom. The molecule has 20 heavy (non-hydrogen) atoms. The molecule has 0 bridgehead atoms. The first-order valence-electron chi connectivity index (χ1n) is 6.47. The Labute approximate surface area is 113 Å². The van der Waals surface area contributed by atoms with Gasteiger partial charge in [0.05, 0.1) is 5.69 Å². The van der Waals surface area contributed by atoms with E-state index in [2.05, 4.69) is 15.0 Å². The first-order chi connectivity index (χ1) is 9.38. The molecule has 0 radical (unpaired) electrons. The van der Waals surface area contributed by atoms with Crippen molar-refractivity contribution < 1.29 is 13.2 Å². The van der Waals surface area contributed by atoms with E-state index in [1.807, 2.05) is 0 Å². The van der Waals surface area contributed by atoms with Gasteiger partial charge >= 0.3 is 6.18 Å². The normalized spacial score (nSPS) is 17.2. The van der Waals surface area contributed by atoms with Crippen LogP contribution in [0.15, 0.2) is 0 Å². The van der Waals surface area contributed by atoms with Crippen molar-refractivity contribution in [3.05, 3.63) is 11.5 Å². The molecule has 0 aromatic carbocycles. The van der Waals surface area contributed by atoms with Crippen LogP contribution >= 0.6 is 0 Å². The number of aromatic nitrogens is 4. The number of fused-ring (bicyclic) bond motifs is 1. The number of nitrogens with zero attached hydrogens (tertiary/aromatic N) is 4. The van der Waals surface area contributed by atoms with Gasteiger partial charge in [-0.2, -0.15) is 13.2 Å². The second-order valence-corrected chi connectivity index (χ2v) is 5.08. The highest BCUT2D eigenvalue weighted by molar-refractivity contribution is 5.76. The first-order valence-corrected chi connectivity index (χ1v) is 6.47. The fourth-order valence-corrected chi connectivity index (χ4v) is 2.78. The molecule has 2 heterocycles. The maximum Gasteiger partial charge on any atom is 0.451 e. The molecule has 1 aliphatic carbocycles. The maximum absolute atomic E-state index is 12.8. The molecule has 1 saturated carbocycles. The van der Waals surface area contributed by atoms with Crippen molar-refractivity contribution in [2.24, 2.45) is 0 Å².